The quantitative estimate of drug-likeness (QED) is 0.654. The number of alkyl halides is 6. The predicted molar refractivity (Wildman–Crippen MR) is 85.3 cm³/mol. The van der Waals surface area contributed by atoms with Crippen LogP contribution in [0.15, 0.2) is 35.1 Å². The lowest BCUT2D eigenvalue weighted by Gasteiger charge is -2.08. The number of nitrogens with one attached hydrogen (secondary N) is 2. The van der Waals surface area contributed by atoms with Gasteiger partial charge >= 0.3 is 12.4 Å². The second kappa shape index (κ2) is 8.37. The van der Waals surface area contributed by atoms with Crippen molar-refractivity contribution in [3.8, 4) is 0 Å². The van der Waals surface area contributed by atoms with E-state index in [4.69, 9.17) is 0 Å². The van der Waals surface area contributed by atoms with Crippen LogP contribution < -0.4 is 10.6 Å². The molecule has 0 aliphatic carbocycles. The molecule has 2 N–H and O–H groups in total. The Hall–Kier alpha value is -2.04. The van der Waals surface area contributed by atoms with Gasteiger partial charge < -0.3 is 10.6 Å². The van der Waals surface area contributed by atoms with Crippen molar-refractivity contribution in [2.24, 2.45) is 0 Å². The van der Waals surface area contributed by atoms with Gasteiger partial charge in [0.2, 0.25) is 0 Å². The predicted octanol–water partition coefficient (Wildman–Crippen LogP) is 5.05. The molecule has 0 aliphatic heterocycles. The van der Waals surface area contributed by atoms with E-state index in [0.717, 1.165) is 24.5 Å². The van der Waals surface area contributed by atoms with Crippen LogP contribution in [0.4, 0.5) is 38.0 Å². The molecule has 2 heterocycles. The number of rotatable bonds is 2. The first-order chi connectivity index (χ1) is 11.5. The highest BCUT2D eigenvalue weighted by atomic mass is 79.9. The molecule has 0 saturated carbocycles. The van der Waals surface area contributed by atoms with Gasteiger partial charge in [-0.3, -0.25) is 0 Å². The molecule has 0 saturated heterocycles. The van der Waals surface area contributed by atoms with Gasteiger partial charge in [0.05, 0.1) is 15.6 Å². The Labute approximate surface area is 147 Å². The van der Waals surface area contributed by atoms with Crippen molar-refractivity contribution in [1.82, 2.24) is 9.97 Å². The Balaban J connectivity index is 0.000000251. The van der Waals surface area contributed by atoms with Gasteiger partial charge in [-0.05, 0) is 34.1 Å². The van der Waals surface area contributed by atoms with Gasteiger partial charge in [-0.25, -0.2) is 9.97 Å². The van der Waals surface area contributed by atoms with E-state index >= 15 is 0 Å². The van der Waals surface area contributed by atoms with E-state index in [0.29, 0.717) is 16.1 Å². The van der Waals surface area contributed by atoms with Crippen molar-refractivity contribution in [3.05, 3.63) is 46.2 Å². The Kier molecular flexibility index (Phi) is 7.03. The molecule has 0 aliphatic rings. The summed E-state index contributed by atoms with van der Waals surface area (Å²) in [5, 5.41) is 5.28. The van der Waals surface area contributed by atoms with Gasteiger partial charge in [0.1, 0.15) is 11.6 Å². The standard InChI is InChI=1S/C7H6BrF3N2.C7H7F3N2/c1-12-6-5(8)2-4(3-13-6)7(9,10)11;1-11-6-3-2-5(4-12-6)7(8,9)10/h2-3H,1H3,(H,12,13);2-4H,1H3,(H,11,12). The molecule has 0 amide bonds. The van der Waals surface area contributed by atoms with E-state index in [1.807, 2.05) is 0 Å². The van der Waals surface area contributed by atoms with E-state index in [-0.39, 0.29) is 0 Å². The van der Waals surface area contributed by atoms with Crippen molar-refractivity contribution >= 4 is 27.6 Å². The fourth-order valence-electron chi connectivity index (χ4n) is 1.49. The van der Waals surface area contributed by atoms with Gasteiger partial charge in [0, 0.05) is 26.5 Å². The monoisotopic (exact) mass is 430 g/mol. The highest BCUT2D eigenvalue weighted by Gasteiger charge is 2.31. The first-order valence-corrected chi connectivity index (χ1v) is 7.39. The summed E-state index contributed by atoms with van der Waals surface area (Å²) in [4.78, 5) is 7.12. The topological polar surface area (TPSA) is 49.8 Å². The van der Waals surface area contributed by atoms with Crippen molar-refractivity contribution in [2.75, 3.05) is 24.7 Å². The van der Waals surface area contributed by atoms with Crippen LogP contribution in [-0.4, -0.2) is 24.1 Å². The largest absolute Gasteiger partial charge is 0.417 e. The molecular formula is C14H13BrF6N4. The van der Waals surface area contributed by atoms with Crippen LogP contribution in [0.2, 0.25) is 0 Å². The third kappa shape index (κ3) is 6.40. The van der Waals surface area contributed by atoms with Crippen LogP contribution in [0.3, 0.4) is 0 Å². The molecule has 25 heavy (non-hydrogen) atoms. The summed E-state index contributed by atoms with van der Waals surface area (Å²) in [5.74, 6) is 0.802. The van der Waals surface area contributed by atoms with E-state index < -0.39 is 23.5 Å². The highest BCUT2D eigenvalue weighted by Crippen LogP contribution is 2.32. The SMILES string of the molecule is CNc1ccc(C(F)(F)F)cn1.CNc1ncc(C(F)(F)F)cc1Br. The third-order valence-corrected chi connectivity index (χ3v) is 3.36. The Bertz CT molecular complexity index is 685. The average molecular weight is 431 g/mol. The summed E-state index contributed by atoms with van der Waals surface area (Å²) in [6, 6.07) is 3.25. The van der Waals surface area contributed by atoms with Crippen LogP contribution in [0.25, 0.3) is 0 Å². The first kappa shape index (κ1) is 21.0. The second-order valence-corrected chi connectivity index (χ2v) is 5.34. The zero-order valence-corrected chi connectivity index (χ0v) is 14.5. The van der Waals surface area contributed by atoms with Gasteiger partial charge in [0.15, 0.2) is 0 Å². The summed E-state index contributed by atoms with van der Waals surface area (Å²) in [7, 11) is 3.18. The molecule has 0 aromatic carbocycles. The number of halogens is 7. The number of hydrogen-bond donors (Lipinski definition) is 2. The van der Waals surface area contributed by atoms with Gasteiger partial charge in [-0.15, -0.1) is 0 Å². The Morgan fingerprint density at radius 3 is 1.76 bits per heavy atom. The molecule has 0 atom stereocenters. The lowest BCUT2D eigenvalue weighted by Crippen LogP contribution is -2.06. The molecule has 4 nitrogen and oxygen atoms in total. The molecular weight excluding hydrogens is 418 g/mol. The fourth-order valence-corrected chi connectivity index (χ4v) is 2.03. The van der Waals surface area contributed by atoms with Crippen LogP contribution in [0, 0.1) is 0 Å². The molecule has 0 fully saturated rings. The van der Waals surface area contributed by atoms with E-state index in [1.165, 1.54) is 6.07 Å². The number of hydrogen-bond acceptors (Lipinski definition) is 4. The number of anilines is 2. The zero-order valence-electron chi connectivity index (χ0n) is 12.9. The molecule has 11 heteroatoms. The molecule has 0 unspecified atom stereocenters. The molecule has 2 aromatic rings. The molecule has 0 spiro atoms. The fraction of sp³-hybridized carbons (Fsp3) is 0.286. The smallest absolute Gasteiger partial charge is 0.373 e. The van der Waals surface area contributed by atoms with E-state index in [1.54, 1.807) is 14.1 Å². The third-order valence-electron chi connectivity index (χ3n) is 2.75. The lowest BCUT2D eigenvalue weighted by molar-refractivity contribution is -0.138. The summed E-state index contributed by atoms with van der Waals surface area (Å²) in [6.07, 6.45) is -7.07. The average Bonchev–Trinajstić information content (AvgIpc) is 2.54. The summed E-state index contributed by atoms with van der Waals surface area (Å²) >= 11 is 2.97. The number of nitrogens with zero attached hydrogens (tertiary/aromatic N) is 2. The molecule has 2 aromatic heterocycles. The minimum atomic E-state index is -4.35. The lowest BCUT2D eigenvalue weighted by atomic mass is 10.3. The van der Waals surface area contributed by atoms with Crippen LogP contribution >= 0.6 is 15.9 Å². The first-order valence-electron chi connectivity index (χ1n) is 6.60. The van der Waals surface area contributed by atoms with Crippen molar-refractivity contribution in [1.29, 1.82) is 0 Å². The maximum absolute atomic E-state index is 12.1. The van der Waals surface area contributed by atoms with E-state index in [9.17, 15) is 26.3 Å². The van der Waals surface area contributed by atoms with Crippen LogP contribution in [-0.2, 0) is 12.4 Å². The van der Waals surface area contributed by atoms with Crippen LogP contribution in [0.1, 0.15) is 11.1 Å². The highest BCUT2D eigenvalue weighted by molar-refractivity contribution is 9.10. The Morgan fingerprint density at radius 2 is 1.40 bits per heavy atom. The minimum Gasteiger partial charge on any atom is -0.373 e. The number of pyridine rings is 2. The van der Waals surface area contributed by atoms with Gasteiger partial charge in [-0.2, -0.15) is 26.3 Å². The van der Waals surface area contributed by atoms with Crippen LogP contribution in [0.5, 0.6) is 0 Å². The van der Waals surface area contributed by atoms with E-state index in [2.05, 4.69) is 36.5 Å². The Morgan fingerprint density at radius 1 is 0.840 bits per heavy atom. The number of aromatic nitrogens is 2. The summed E-state index contributed by atoms with van der Waals surface area (Å²) < 4.78 is 72.6. The minimum absolute atomic E-state index is 0.296. The molecule has 138 valence electrons. The second-order valence-electron chi connectivity index (χ2n) is 4.48. The van der Waals surface area contributed by atoms with Gasteiger partial charge in [-0.1, -0.05) is 0 Å². The summed E-state index contributed by atoms with van der Waals surface area (Å²) in [6.45, 7) is 0. The molecule has 0 radical (unpaired) electrons. The normalized spacial score (nSPS) is 11.4. The maximum Gasteiger partial charge on any atom is 0.417 e. The van der Waals surface area contributed by atoms with Crippen molar-refractivity contribution in [2.45, 2.75) is 12.4 Å². The van der Waals surface area contributed by atoms with Gasteiger partial charge in [0.25, 0.3) is 0 Å². The molecule has 2 rings (SSSR count). The van der Waals surface area contributed by atoms with Crippen molar-refractivity contribution < 1.29 is 26.3 Å². The molecule has 0 bridgehead atoms. The van der Waals surface area contributed by atoms with Crippen molar-refractivity contribution in [3.63, 3.8) is 0 Å². The summed E-state index contributed by atoms with van der Waals surface area (Å²) in [5.41, 5.74) is -1.50. The maximum atomic E-state index is 12.1. The zero-order chi connectivity index (χ0) is 19.3.